The van der Waals surface area contributed by atoms with E-state index in [1.165, 1.54) is 31.3 Å². The van der Waals surface area contributed by atoms with E-state index in [9.17, 15) is 31.1 Å². The van der Waals surface area contributed by atoms with Gasteiger partial charge in [-0.25, -0.2) is 4.68 Å². The summed E-state index contributed by atoms with van der Waals surface area (Å²) in [6, 6.07) is 5.39. The van der Waals surface area contributed by atoms with Gasteiger partial charge in [-0.3, -0.25) is 9.89 Å². The van der Waals surface area contributed by atoms with Crippen molar-refractivity contribution in [2.45, 2.75) is 26.0 Å². The van der Waals surface area contributed by atoms with Crippen LogP contribution in [0.5, 0.6) is 5.75 Å². The third kappa shape index (κ3) is 4.72. The highest BCUT2D eigenvalue weighted by molar-refractivity contribution is 6.03. The smallest absolute Gasteiger partial charge is 0.437 e. The number of anilines is 1. The number of halogens is 6. The average molecular weight is 433 g/mol. The molecule has 0 saturated carbocycles. The Hall–Kier alpha value is -3.51. The summed E-state index contributed by atoms with van der Waals surface area (Å²) < 4.78 is 83.3. The molecule has 1 amide bonds. The highest BCUT2D eigenvalue weighted by Crippen LogP contribution is 2.35. The first kappa shape index (κ1) is 21.2. The summed E-state index contributed by atoms with van der Waals surface area (Å²) in [6.07, 6.45) is -8.02. The summed E-state index contributed by atoms with van der Waals surface area (Å²) in [5.41, 5.74) is -2.92. The topological polar surface area (TPSA) is 84.8 Å². The molecule has 0 radical (unpaired) electrons. The number of carbonyl (C=O) groups excluding carboxylic acids is 1. The van der Waals surface area contributed by atoms with Crippen LogP contribution in [0.3, 0.4) is 0 Å². The van der Waals surface area contributed by atoms with Gasteiger partial charge in [-0.15, -0.1) is 0 Å². The molecule has 2 N–H and O–H groups in total. The van der Waals surface area contributed by atoms with Crippen LogP contribution in [-0.4, -0.2) is 25.9 Å². The third-order valence-electron chi connectivity index (χ3n) is 3.85. The standard InChI is InChI=1S/C17H13F6N5O2/c1-9-13(14(26-25-9)17(21,22)23)24-15(29)12-5-6-28(27-12)8-30-11-4-2-3-10(7-11)16(18,19)20/h2-7H,8H2,1H3,(H,24,29)(H,25,26). The van der Waals surface area contributed by atoms with Crippen molar-refractivity contribution < 1.29 is 35.9 Å². The van der Waals surface area contributed by atoms with Crippen LogP contribution in [-0.2, 0) is 19.1 Å². The van der Waals surface area contributed by atoms with Gasteiger partial charge in [-0.2, -0.15) is 36.5 Å². The molecule has 0 unspecified atom stereocenters. The minimum atomic E-state index is -4.77. The second kappa shape index (κ2) is 7.72. The molecule has 0 atom stereocenters. The normalized spacial score (nSPS) is 12.1. The van der Waals surface area contributed by atoms with Crippen molar-refractivity contribution in [2.75, 3.05) is 5.32 Å². The molecule has 2 aromatic heterocycles. The molecule has 160 valence electrons. The highest BCUT2D eigenvalue weighted by atomic mass is 19.4. The number of H-pyrrole nitrogens is 1. The second-order valence-electron chi connectivity index (χ2n) is 6.06. The van der Waals surface area contributed by atoms with Crippen molar-refractivity contribution in [3.8, 4) is 5.75 Å². The number of hydrogen-bond acceptors (Lipinski definition) is 4. The number of aromatic amines is 1. The summed E-state index contributed by atoms with van der Waals surface area (Å²) in [5.74, 6) is -1.00. The number of ether oxygens (including phenoxy) is 1. The number of hydrogen-bond donors (Lipinski definition) is 2. The lowest BCUT2D eigenvalue weighted by Gasteiger charge is -2.10. The van der Waals surface area contributed by atoms with E-state index in [4.69, 9.17) is 4.74 Å². The molecular formula is C17H13F6N5O2. The molecule has 1 aromatic carbocycles. The second-order valence-corrected chi connectivity index (χ2v) is 6.06. The SMILES string of the molecule is Cc1[nH]nc(C(F)(F)F)c1NC(=O)c1ccn(COc2cccc(C(F)(F)F)c2)n1. The molecule has 30 heavy (non-hydrogen) atoms. The Kier molecular flexibility index (Phi) is 5.46. The van der Waals surface area contributed by atoms with Crippen molar-refractivity contribution in [1.29, 1.82) is 0 Å². The third-order valence-corrected chi connectivity index (χ3v) is 3.85. The van der Waals surface area contributed by atoms with Crippen LogP contribution in [0.4, 0.5) is 32.0 Å². The first-order valence-corrected chi connectivity index (χ1v) is 8.22. The molecule has 0 aliphatic rings. The Balaban J connectivity index is 1.67. The van der Waals surface area contributed by atoms with Crippen molar-refractivity contribution >= 4 is 11.6 Å². The molecule has 0 aliphatic carbocycles. The molecular weight excluding hydrogens is 420 g/mol. The Morgan fingerprint density at radius 2 is 1.90 bits per heavy atom. The maximum atomic E-state index is 12.9. The van der Waals surface area contributed by atoms with Crippen LogP contribution >= 0.6 is 0 Å². The van der Waals surface area contributed by atoms with Gasteiger partial charge in [-0.1, -0.05) is 6.07 Å². The van der Waals surface area contributed by atoms with Crippen molar-refractivity contribution in [3.05, 3.63) is 59.2 Å². The Morgan fingerprint density at radius 3 is 2.57 bits per heavy atom. The Bertz CT molecular complexity index is 1050. The number of rotatable bonds is 5. The molecule has 0 bridgehead atoms. The number of nitrogens with one attached hydrogen (secondary N) is 2. The molecule has 2 heterocycles. The van der Waals surface area contributed by atoms with Crippen molar-refractivity contribution in [1.82, 2.24) is 20.0 Å². The van der Waals surface area contributed by atoms with Gasteiger partial charge in [0.15, 0.2) is 18.1 Å². The number of nitrogens with zero attached hydrogens (tertiary/aromatic N) is 3. The summed E-state index contributed by atoms with van der Waals surface area (Å²) in [7, 11) is 0. The maximum Gasteiger partial charge on any atom is 0.437 e. The van der Waals surface area contributed by atoms with Gasteiger partial charge in [0.2, 0.25) is 0 Å². The largest absolute Gasteiger partial charge is 0.471 e. The number of aryl methyl sites for hydroxylation is 1. The summed E-state index contributed by atoms with van der Waals surface area (Å²) in [4.78, 5) is 12.2. The quantitative estimate of drug-likeness (QED) is 0.590. The number of aromatic nitrogens is 4. The van der Waals surface area contributed by atoms with Gasteiger partial charge in [0.25, 0.3) is 5.91 Å². The van der Waals surface area contributed by atoms with Crippen molar-refractivity contribution in [2.24, 2.45) is 0 Å². The first-order valence-electron chi connectivity index (χ1n) is 8.22. The van der Waals surface area contributed by atoms with Crippen LogP contribution in [0.15, 0.2) is 36.5 Å². The van der Waals surface area contributed by atoms with Crippen molar-refractivity contribution in [3.63, 3.8) is 0 Å². The Morgan fingerprint density at radius 1 is 1.17 bits per heavy atom. The zero-order valence-electron chi connectivity index (χ0n) is 15.1. The average Bonchev–Trinajstić information content (AvgIpc) is 3.26. The molecule has 13 heteroatoms. The van der Waals surface area contributed by atoms with E-state index in [-0.39, 0.29) is 23.9 Å². The van der Waals surface area contributed by atoms with E-state index in [2.05, 4.69) is 20.6 Å². The molecule has 0 saturated heterocycles. The zero-order valence-corrected chi connectivity index (χ0v) is 15.1. The van der Waals surface area contributed by atoms with Crippen LogP contribution in [0.2, 0.25) is 0 Å². The fraction of sp³-hybridized carbons (Fsp3) is 0.235. The fourth-order valence-electron chi connectivity index (χ4n) is 2.42. The number of carbonyl (C=O) groups is 1. The number of amides is 1. The van der Waals surface area contributed by atoms with Gasteiger partial charge in [0.05, 0.1) is 16.9 Å². The predicted octanol–water partition coefficient (Wildman–Crippen LogP) is 4.24. The van der Waals surface area contributed by atoms with Gasteiger partial charge in [0, 0.05) is 6.20 Å². The van der Waals surface area contributed by atoms with Gasteiger partial charge in [0.1, 0.15) is 5.75 Å². The minimum absolute atomic E-state index is 0.00277. The van der Waals surface area contributed by atoms with E-state index >= 15 is 0 Å². The number of alkyl halides is 6. The van der Waals surface area contributed by atoms with E-state index < -0.39 is 35.2 Å². The lowest BCUT2D eigenvalue weighted by atomic mass is 10.2. The van der Waals surface area contributed by atoms with Gasteiger partial charge < -0.3 is 10.1 Å². The van der Waals surface area contributed by atoms with Crippen LogP contribution in [0, 0.1) is 6.92 Å². The Labute approximate surface area is 164 Å². The lowest BCUT2D eigenvalue weighted by Crippen LogP contribution is -2.17. The minimum Gasteiger partial charge on any atom is -0.471 e. The van der Waals surface area contributed by atoms with E-state index in [1.54, 1.807) is 0 Å². The maximum absolute atomic E-state index is 12.9. The van der Waals surface area contributed by atoms with E-state index in [0.717, 1.165) is 16.8 Å². The van der Waals surface area contributed by atoms with Crippen LogP contribution in [0.1, 0.15) is 27.4 Å². The zero-order chi connectivity index (χ0) is 22.1. The lowest BCUT2D eigenvalue weighted by molar-refractivity contribution is -0.140. The van der Waals surface area contributed by atoms with Crippen LogP contribution < -0.4 is 10.1 Å². The highest BCUT2D eigenvalue weighted by Gasteiger charge is 2.38. The molecule has 7 nitrogen and oxygen atoms in total. The molecule has 3 rings (SSSR count). The molecule has 3 aromatic rings. The molecule has 0 aliphatic heterocycles. The van der Waals surface area contributed by atoms with Crippen LogP contribution in [0.25, 0.3) is 0 Å². The van der Waals surface area contributed by atoms with E-state index in [0.29, 0.717) is 0 Å². The molecule has 0 spiro atoms. The number of benzene rings is 1. The summed E-state index contributed by atoms with van der Waals surface area (Å²) in [6.45, 7) is 0.979. The van der Waals surface area contributed by atoms with Gasteiger partial charge >= 0.3 is 12.4 Å². The fourth-order valence-corrected chi connectivity index (χ4v) is 2.42. The van der Waals surface area contributed by atoms with E-state index in [1.807, 2.05) is 0 Å². The summed E-state index contributed by atoms with van der Waals surface area (Å²) >= 11 is 0. The first-order chi connectivity index (χ1) is 13.9. The van der Waals surface area contributed by atoms with Gasteiger partial charge in [-0.05, 0) is 31.2 Å². The predicted molar refractivity (Wildman–Crippen MR) is 90.6 cm³/mol. The summed E-state index contributed by atoms with van der Waals surface area (Å²) in [5, 5.41) is 11.2. The monoisotopic (exact) mass is 433 g/mol. The molecule has 0 fully saturated rings.